The summed E-state index contributed by atoms with van der Waals surface area (Å²) in [5.41, 5.74) is 6.29. The zero-order chi connectivity index (χ0) is 25.0. The predicted octanol–water partition coefficient (Wildman–Crippen LogP) is 4.33. The Morgan fingerprint density at radius 3 is 2.66 bits per heavy atom. The topological polar surface area (TPSA) is 83.0 Å². The highest BCUT2D eigenvalue weighted by molar-refractivity contribution is 6.36. The van der Waals surface area contributed by atoms with E-state index in [1.54, 1.807) is 0 Å². The van der Waals surface area contributed by atoms with Gasteiger partial charge in [0.25, 0.3) is 5.91 Å². The molecule has 1 heterocycles. The maximum atomic E-state index is 14.0. The highest BCUT2D eigenvalue weighted by Crippen LogP contribution is 2.48. The number of allylic oxidation sites excluding steroid dienone is 1. The van der Waals surface area contributed by atoms with Gasteiger partial charge in [0.2, 0.25) is 0 Å². The number of hydrogen-bond acceptors (Lipinski definition) is 6. The van der Waals surface area contributed by atoms with Gasteiger partial charge in [-0.25, -0.2) is 4.79 Å². The lowest BCUT2D eigenvalue weighted by Crippen LogP contribution is -2.49. The third-order valence-corrected chi connectivity index (χ3v) is 7.56. The predicted molar refractivity (Wildman–Crippen MR) is 137 cm³/mol. The molecule has 1 aromatic rings. The lowest BCUT2D eigenvalue weighted by Gasteiger charge is -2.37. The van der Waals surface area contributed by atoms with Gasteiger partial charge in [-0.05, 0) is 63.4 Å². The van der Waals surface area contributed by atoms with Gasteiger partial charge >= 0.3 is 5.97 Å². The number of amides is 1. The molecule has 0 aromatic heterocycles. The maximum Gasteiger partial charge on any atom is 0.354 e. The second-order valence-corrected chi connectivity index (χ2v) is 10.3. The summed E-state index contributed by atoms with van der Waals surface area (Å²) in [5.74, 6) is 0.174. The largest absolute Gasteiger partial charge is 0.464 e. The molecule has 2 N–H and O–H groups in total. The molecule has 2 saturated carbocycles. The highest BCUT2D eigenvalue weighted by Gasteiger charge is 2.53. The third kappa shape index (κ3) is 5.77. The smallest absolute Gasteiger partial charge is 0.354 e. The van der Waals surface area contributed by atoms with Crippen molar-refractivity contribution in [1.29, 1.82) is 0 Å². The molecular weight excluding hydrogens is 440 g/mol. The fourth-order valence-corrected chi connectivity index (χ4v) is 5.18. The molecule has 2 aliphatic carbocycles. The van der Waals surface area contributed by atoms with Gasteiger partial charge in [-0.15, -0.1) is 0 Å². The fourth-order valence-electron chi connectivity index (χ4n) is 5.18. The van der Waals surface area contributed by atoms with Crippen LogP contribution >= 0.6 is 0 Å². The number of esters is 1. The summed E-state index contributed by atoms with van der Waals surface area (Å²) < 4.78 is 4.80. The second-order valence-electron chi connectivity index (χ2n) is 10.3. The minimum absolute atomic E-state index is 0.126. The van der Waals surface area contributed by atoms with Crippen LogP contribution in [0, 0.1) is 12.8 Å². The molecule has 1 aliphatic heterocycles. The van der Waals surface area contributed by atoms with E-state index in [4.69, 9.17) is 4.74 Å². The van der Waals surface area contributed by atoms with E-state index in [2.05, 4.69) is 54.5 Å². The molecule has 0 spiro atoms. The average molecular weight is 479 g/mol. The Balaban J connectivity index is 1.57. The Morgan fingerprint density at radius 1 is 1.26 bits per heavy atom. The van der Waals surface area contributed by atoms with Crippen molar-refractivity contribution in [2.75, 3.05) is 7.11 Å². The number of benzene rings is 1. The molecule has 0 radical (unpaired) electrons. The Kier molecular flexibility index (Phi) is 7.63. The van der Waals surface area contributed by atoms with E-state index in [9.17, 15) is 9.59 Å². The maximum absolute atomic E-state index is 14.0. The molecule has 1 amide bonds. The minimum atomic E-state index is -0.478. The summed E-state index contributed by atoms with van der Waals surface area (Å²) in [6.07, 6.45) is 9.27. The minimum Gasteiger partial charge on any atom is -0.464 e. The molecule has 7 heteroatoms. The molecule has 188 valence electrons. The van der Waals surface area contributed by atoms with Crippen molar-refractivity contribution in [2.45, 2.75) is 83.3 Å². The van der Waals surface area contributed by atoms with Gasteiger partial charge < -0.3 is 15.0 Å². The zero-order valence-electron chi connectivity index (χ0n) is 21.2. The van der Waals surface area contributed by atoms with Gasteiger partial charge in [0.1, 0.15) is 11.4 Å². The van der Waals surface area contributed by atoms with Gasteiger partial charge in [-0.1, -0.05) is 49.4 Å². The van der Waals surface area contributed by atoms with Crippen molar-refractivity contribution < 1.29 is 14.3 Å². The van der Waals surface area contributed by atoms with Crippen LogP contribution in [0.15, 0.2) is 53.4 Å². The highest BCUT2D eigenvalue weighted by atomic mass is 16.5. The van der Waals surface area contributed by atoms with Gasteiger partial charge in [-0.2, -0.15) is 5.10 Å². The van der Waals surface area contributed by atoms with Crippen LogP contribution in [0.5, 0.6) is 0 Å². The Bertz CT molecular complexity index is 1030. The summed E-state index contributed by atoms with van der Waals surface area (Å²) >= 11 is 0. The summed E-state index contributed by atoms with van der Waals surface area (Å²) in [4.78, 5) is 27.8. The number of hydrogen-bond donors (Lipinski definition) is 2. The number of ether oxygens (including phenoxy) is 1. The number of carbonyl (C=O) groups is 2. The Labute approximate surface area is 208 Å². The van der Waals surface area contributed by atoms with Crippen molar-refractivity contribution in [1.82, 2.24) is 15.6 Å². The first kappa shape index (κ1) is 25.0. The van der Waals surface area contributed by atoms with Crippen LogP contribution in [0.2, 0.25) is 0 Å². The van der Waals surface area contributed by atoms with Crippen LogP contribution in [-0.4, -0.2) is 41.2 Å². The van der Waals surface area contributed by atoms with Crippen LogP contribution < -0.4 is 10.7 Å². The number of nitrogens with zero attached hydrogens (tertiary/aromatic N) is 2. The summed E-state index contributed by atoms with van der Waals surface area (Å²) in [6.45, 7) is 9.30. The molecule has 4 rings (SSSR count). The quantitative estimate of drug-likeness (QED) is 0.544. The number of carbonyl (C=O) groups excluding carboxylic acids is 2. The molecule has 7 nitrogen and oxygen atoms in total. The van der Waals surface area contributed by atoms with Crippen molar-refractivity contribution in [3.8, 4) is 0 Å². The average Bonchev–Trinajstić information content (AvgIpc) is 3.68. The van der Waals surface area contributed by atoms with Crippen molar-refractivity contribution in [3.63, 3.8) is 0 Å². The van der Waals surface area contributed by atoms with E-state index < -0.39 is 11.5 Å². The molecular formula is C28H38N4O3. The van der Waals surface area contributed by atoms with Crippen LogP contribution in [0.3, 0.4) is 0 Å². The summed E-state index contributed by atoms with van der Waals surface area (Å²) in [7, 11) is 1.33. The van der Waals surface area contributed by atoms with Crippen LogP contribution in [0.25, 0.3) is 0 Å². The van der Waals surface area contributed by atoms with Crippen LogP contribution in [0.1, 0.15) is 69.4 Å². The fraction of sp³-hybridized carbons (Fsp3) is 0.536. The molecule has 1 aromatic carbocycles. The lowest BCUT2D eigenvalue weighted by molar-refractivity contribution is -0.133. The SMILES string of the molecule is C=C(NC1CCC(C)CC1)C1(N(Cc2cccc(C)c2)C(=O)C2=CCCC(C(=O)OC)=NN2)CC1. The van der Waals surface area contributed by atoms with Gasteiger partial charge in [-0.3, -0.25) is 10.2 Å². The number of rotatable bonds is 8. The molecule has 2 fully saturated rings. The van der Waals surface area contributed by atoms with Crippen molar-refractivity contribution >= 4 is 17.6 Å². The lowest BCUT2D eigenvalue weighted by atomic mass is 9.87. The number of methoxy groups -OCH3 is 1. The van der Waals surface area contributed by atoms with E-state index >= 15 is 0 Å². The van der Waals surface area contributed by atoms with Crippen LogP contribution in [0.4, 0.5) is 0 Å². The zero-order valence-corrected chi connectivity index (χ0v) is 21.2. The van der Waals surface area contributed by atoms with E-state index in [-0.39, 0.29) is 11.6 Å². The van der Waals surface area contributed by atoms with Gasteiger partial charge in [0.05, 0.1) is 12.6 Å². The number of hydrazone groups is 1. The van der Waals surface area contributed by atoms with E-state index in [0.29, 0.717) is 31.1 Å². The van der Waals surface area contributed by atoms with Crippen molar-refractivity contribution in [2.24, 2.45) is 11.0 Å². The number of nitrogens with one attached hydrogen (secondary N) is 2. The first-order chi connectivity index (χ1) is 16.8. The van der Waals surface area contributed by atoms with E-state index in [1.807, 2.05) is 17.0 Å². The molecule has 0 bridgehead atoms. The second kappa shape index (κ2) is 10.7. The van der Waals surface area contributed by atoms with Crippen LogP contribution in [-0.2, 0) is 20.9 Å². The molecule has 0 unspecified atom stereocenters. The summed E-state index contributed by atoms with van der Waals surface area (Å²) in [5, 5.41) is 7.89. The normalized spacial score (nSPS) is 23.1. The first-order valence-electron chi connectivity index (χ1n) is 12.8. The van der Waals surface area contributed by atoms with E-state index in [1.165, 1.54) is 20.0 Å². The third-order valence-electron chi connectivity index (χ3n) is 7.56. The van der Waals surface area contributed by atoms with Gasteiger partial charge in [0.15, 0.2) is 0 Å². The number of aryl methyl sites for hydroxylation is 1. The standard InChI is InChI=1S/C28H38N4O3/c1-19-11-13-23(14-12-19)29-21(3)28(15-16-28)32(18-22-8-5-7-20(2)17-22)26(33)24-9-6-10-25(31-30-24)27(34)35-4/h5,7-9,17,19,23,29-30H,3,6,10-16,18H2,1-2,4H3. The first-order valence-corrected chi connectivity index (χ1v) is 12.8. The van der Waals surface area contributed by atoms with E-state index in [0.717, 1.165) is 48.4 Å². The monoisotopic (exact) mass is 478 g/mol. The molecule has 0 saturated heterocycles. The molecule has 35 heavy (non-hydrogen) atoms. The molecule has 3 aliphatic rings. The van der Waals surface area contributed by atoms with Crippen molar-refractivity contribution in [3.05, 3.63) is 59.4 Å². The Morgan fingerprint density at radius 2 is 2.00 bits per heavy atom. The summed E-state index contributed by atoms with van der Waals surface area (Å²) in [6, 6.07) is 8.68. The Hall–Kier alpha value is -3.09. The van der Waals surface area contributed by atoms with Gasteiger partial charge in [0, 0.05) is 24.7 Å². The molecule has 0 atom stereocenters.